The van der Waals surface area contributed by atoms with E-state index >= 15 is 0 Å². The van der Waals surface area contributed by atoms with Gasteiger partial charge in [-0.05, 0) is 45.0 Å². The fraction of sp³-hybridized carbons (Fsp3) is 0.583. The number of hydrogen-bond donors (Lipinski definition) is 1. The Kier molecular flexibility index (Phi) is 4.09. The van der Waals surface area contributed by atoms with Gasteiger partial charge >= 0.3 is 5.97 Å². The average Bonchev–Trinajstić information content (AvgIpc) is 2.84. The Labute approximate surface area is 105 Å². The molecule has 0 saturated carbocycles. The van der Waals surface area contributed by atoms with Gasteiger partial charge in [-0.25, -0.2) is 9.48 Å². The maximum Gasteiger partial charge on any atom is 0.356 e. The number of carboxylic acids is 1. The highest BCUT2D eigenvalue weighted by Crippen LogP contribution is 2.07. The van der Waals surface area contributed by atoms with Gasteiger partial charge in [0.05, 0.1) is 0 Å². The van der Waals surface area contributed by atoms with E-state index in [1.807, 2.05) is 0 Å². The third-order valence-corrected chi connectivity index (χ3v) is 3.13. The standard InChI is InChI=1S/C12H17N3O3/c16-11-5-4-10(12(17)18)13-15(11)9-3-8-14-6-1-2-7-14/h4-5H,1-3,6-9H2,(H,17,18). The molecule has 1 N–H and O–H groups in total. The monoisotopic (exact) mass is 251 g/mol. The van der Waals surface area contributed by atoms with Crippen molar-refractivity contribution in [1.82, 2.24) is 14.7 Å². The van der Waals surface area contributed by atoms with Crippen molar-refractivity contribution in [1.29, 1.82) is 0 Å². The first-order valence-corrected chi connectivity index (χ1v) is 6.20. The molecule has 0 atom stereocenters. The van der Waals surface area contributed by atoms with Crippen LogP contribution in [-0.2, 0) is 6.54 Å². The van der Waals surface area contributed by atoms with E-state index in [0.717, 1.165) is 26.1 Å². The summed E-state index contributed by atoms with van der Waals surface area (Å²) in [6.07, 6.45) is 3.30. The van der Waals surface area contributed by atoms with Crippen LogP contribution in [0.5, 0.6) is 0 Å². The maximum atomic E-state index is 11.5. The molecule has 18 heavy (non-hydrogen) atoms. The molecular formula is C12H17N3O3. The lowest BCUT2D eigenvalue weighted by molar-refractivity contribution is 0.0687. The first-order chi connectivity index (χ1) is 8.66. The maximum absolute atomic E-state index is 11.5. The third kappa shape index (κ3) is 3.16. The molecule has 0 aromatic carbocycles. The van der Waals surface area contributed by atoms with Crippen molar-refractivity contribution >= 4 is 5.97 Å². The van der Waals surface area contributed by atoms with Crippen LogP contribution in [0.25, 0.3) is 0 Å². The number of carboxylic acid groups (broad SMARTS) is 1. The molecule has 2 heterocycles. The van der Waals surface area contributed by atoms with Gasteiger partial charge in [0, 0.05) is 12.6 Å². The Morgan fingerprint density at radius 1 is 1.28 bits per heavy atom. The van der Waals surface area contributed by atoms with E-state index in [-0.39, 0.29) is 11.3 Å². The number of aromatic nitrogens is 2. The van der Waals surface area contributed by atoms with Crippen LogP contribution in [0.15, 0.2) is 16.9 Å². The van der Waals surface area contributed by atoms with Gasteiger partial charge in [0.25, 0.3) is 5.56 Å². The summed E-state index contributed by atoms with van der Waals surface area (Å²) < 4.78 is 1.24. The topological polar surface area (TPSA) is 75.4 Å². The molecule has 6 nitrogen and oxygen atoms in total. The molecule has 6 heteroatoms. The van der Waals surface area contributed by atoms with Crippen molar-refractivity contribution in [3.05, 3.63) is 28.2 Å². The zero-order chi connectivity index (χ0) is 13.0. The SMILES string of the molecule is O=C(O)c1ccc(=O)n(CCCN2CCCC2)n1. The van der Waals surface area contributed by atoms with E-state index < -0.39 is 5.97 Å². The summed E-state index contributed by atoms with van der Waals surface area (Å²) in [5.74, 6) is -1.11. The number of rotatable bonds is 5. The van der Waals surface area contributed by atoms with E-state index in [0.29, 0.717) is 6.54 Å². The van der Waals surface area contributed by atoms with Crippen molar-refractivity contribution in [2.24, 2.45) is 0 Å². The van der Waals surface area contributed by atoms with Crippen LogP contribution in [0.4, 0.5) is 0 Å². The Hall–Kier alpha value is -1.69. The normalized spacial score (nSPS) is 16.0. The molecule has 0 bridgehead atoms. The summed E-state index contributed by atoms with van der Waals surface area (Å²) in [6, 6.07) is 2.49. The molecule has 0 radical (unpaired) electrons. The summed E-state index contributed by atoms with van der Waals surface area (Å²) in [7, 11) is 0. The highest BCUT2D eigenvalue weighted by Gasteiger charge is 2.11. The zero-order valence-corrected chi connectivity index (χ0v) is 10.2. The van der Waals surface area contributed by atoms with Gasteiger partial charge in [-0.15, -0.1) is 0 Å². The van der Waals surface area contributed by atoms with Gasteiger partial charge in [0.2, 0.25) is 0 Å². The Bertz CT molecular complexity index is 478. The second-order valence-corrected chi connectivity index (χ2v) is 4.49. The van der Waals surface area contributed by atoms with Crippen LogP contribution < -0.4 is 5.56 Å². The fourth-order valence-electron chi connectivity index (χ4n) is 2.17. The minimum atomic E-state index is -1.11. The molecule has 2 rings (SSSR count). The minimum absolute atomic E-state index is 0.0872. The van der Waals surface area contributed by atoms with Crippen molar-refractivity contribution in [3.63, 3.8) is 0 Å². The van der Waals surface area contributed by atoms with Crippen LogP contribution in [-0.4, -0.2) is 45.4 Å². The summed E-state index contributed by atoms with van der Waals surface area (Å²) in [5.41, 5.74) is -0.336. The average molecular weight is 251 g/mol. The summed E-state index contributed by atoms with van der Waals surface area (Å²) >= 11 is 0. The lowest BCUT2D eigenvalue weighted by atomic mass is 10.3. The minimum Gasteiger partial charge on any atom is -0.476 e. The summed E-state index contributed by atoms with van der Waals surface area (Å²) in [4.78, 5) is 24.6. The van der Waals surface area contributed by atoms with Gasteiger partial charge in [0.1, 0.15) is 0 Å². The molecule has 1 aliphatic rings. The summed E-state index contributed by atoms with van der Waals surface area (Å²) in [5, 5.41) is 12.6. The van der Waals surface area contributed by atoms with Gasteiger partial charge in [-0.1, -0.05) is 0 Å². The third-order valence-electron chi connectivity index (χ3n) is 3.13. The smallest absolute Gasteiger partial charge is 0.356 e. The molecule has 1 aliphatic heterocycles. The largest absolute Gasteiger partial charge is 0.476 e. The highest BCUT2D eigenvalue weighted by molar-refractivity contribution is 5.84. The fourth-order valence-corrected chi connectivity index (χ4v) is 2.17. The van der Waals surface area contributed by atoms with E-state index in [2.05, 4.69) is 10.00 Å². The molecule has 1 fully saturated rings. The second-order valence-electron chi connectivity index (χ2n) is 4.49. The molecular weight excluding hydrogens is 234 g/mol. The van der Waals surface area contributed by atoms with E-state index in [1.54, 1.807) is 0 Å². The molecule has 0 spiro atoms. The van der Waals surface area contributed by atoms with Crippen LogP contribution in [0.1, 0.15) is 29.8 Å². The molecule has 0 aliphatic carbocycles. The van der Waals surface area contributed by atoms with E-state index in [4.69, 9.17) is 5.11 Å². The van der Waals surface area contributed by atoms with Crippen LogP contribution in [0, 0.1) is 0 Å². The Morgan fingerprint density at radius 2 is 2.00 bits per heavy atom. The highest BCUT2D eigenvalue weighted by atomic mass is 16.4. The first kappa shape index (κ1) is 12.8. The number of nitrogens with zero attached hydrogens (tertiary/aromatic N) is 3. The zero-order valence-electron chi connectivity index (χ0n) is 10.2. The molecule has 1 aromatic heterocycles. The van der Waals surface area contributed by atoms with Gasteiger partial charge in [-0.2, -0.15) is 5.10 Å². The lowest BCUT2D eigenvalue weighted by Crippen LogP contribution is -2.27. The number of carbonyl (C=O) groups is 1. The second kappa shape index (κ2) is 5.77. The van der Waals surface area contributed by atoms with Crippen LogP contribution in [0.3, 0.4) is 0 Å². The predicted octanol–water partition coefficient (Wildman–Crippen LogP) is 0.427. The molecule has 1 aromatic rings. The number of aryl methyl sites for hydroxylation is 1. The Balaban J connectivity index is 1.93. The van der Waals surface area contributed by atoms with Crippen molar-refractivity contribution in [2.45, 2.75) is 25.8 Å². The van der Waals surface area contributed by atoms with Crippen molar-refractivity contribution in [2.75, 3.05) is 19.6 Å². The van der Waals surface area contributed by atoms with Crippen LogP contribution in [0.2, 0.25) is 0 Å². The van der Waals surface area contributed by atoms with E-state index in [1.165, 1.54) is 29.7 Å². The molecule has 0 unspecified atom stereocenters. The number of likely N-dealkylation sites (tertiary alicyclic amines) is 1. The van der Waals surface area contributed by atoms with Gasteiger partial charge < -0.3 is 10.0 Å². The molecule has 98 valence electrons. The lowest BCUT2D eigenvalue weighted by Gasteiger charge is -2.14. The molecule has 0 amide bonds. The van der Waals surface area contributed by atoms with Crippen molar-refractivity contribution in [3.8, 4) is 0 Å². The predicted molar refractivity (Wildman–Crippen MR) is 65.7 cm³/mol. The van der Waals surface area contributed by atoms with Gasteiger partial charge in [0.15, 0.2) is 5.69 Å². The van der Waals surface area contributed by atoms with Gasteiger partial charge in [-0.3, -0.25) is 4.79 Å². The summed E-state index contributed by atoms with van der Waals surface area (Å²) in [6.45, 7) is 3.65. The number of aromatic carboxylic acids is 1. The Morgan fingerprint density at radius 3 is 2.67 bits per heavy atom. The number of hydrogen-bond acceptors (Lipinski definition) is 4. The first-order valence-electron chi connectivity index (χ1n) is 6.20. The van der Waals surface area contributed by atoms with Crippen LogP contribution >= 0.6 is 0 Å². The van der Waals surface area contributed by atoms with Crippen molar-refractivity contribution < 1.29 is 9.90 Å². The van der Waals surface area contributed by atoms with E-state index in [9.17, 15) is 9.59 Å². The molecule has 1 saturated heterocycles. The quantitative estimate of drug-likeness (QED) is 0.821.